The van der Waals surface area contributed by atoms with Gasteiger partial charge in [-0.05, 0) is 49.9 Å². The van der Waals surface area contributed by atoms with E-state index in [9.17, 15) is 14.4 Å². The van der Waals surface area contributed by atoms with E-state index in [2.05, 4.69) is 20.7 Å². The molecule has 0 unspecified atom stereocenters. The molecule has 32 heavy (non-hydrogen) atoms. The van der Waals surface area contributed by atoms with Crippen LogP contribution in [0.1, 0.15) is 40.2 Å². The van der Waals surface area contributed by atoms with Crippen molar-refractivity contribution in [1.82, 2.24) is 25.4 Å². The largest absolute Gasteiger partial charge is 0.347 e. The molecule has 1 atom stereocenters. The molecule has 2 aromatic heterocycles. The Balaban J connectivity index is 1.60. The fourth-order valence-corrected chi connectivity index (χ4v) is 3.46. The fraction of sp³-hybridized carbons (Fsp3) is 0.292. The summed E-state index contributed by atoms with van der Waals surface area (Å²) >= 11 is 0. The monoisotopic (exact) mass is 431 g/mol. The second-order valence-electron chi connectivity index (χ2n) is 8.05. The molecule has 1 aliphatic carbocycles. The number of ketones is 1. The molecule has 164 valence electrons. The Bertz CT molecular complexity index is 1150. The molecule has 0 radical (unpaired) electrons. The Morgan fingerprint density at radius 2 is 1.84 bits per heavy atom. The second-order valence-corrected chi connectivity index (χ2v) is 8.05. The second kappa shape index (κ2) is 9.13. The molecule has 0 aliphatic heterocycles. The van der Waals surface area contributed by atoms with Crippen LogP contribution in [0.5, 0.6) is 0 Å². The van der Waals surface area contributed by atoms with Crippen molar-refractivity contribution >= 4 is 17.6 Å². The lowest BCUT2D eigenvalue weighted by molar-refractivity contribution is -0.139. The van der Waals surface area contributed by atoms with Gasteiger partial charge in [-0.25, -0.2) is 9.67 Å². The number of amides is 2. The number of hydrogen-bond donors (Lipinski definition) is 2. The zero-order valence-electron chi connectivity index (χ0n) is 18.0. The van der Waals surface area contributed by atoms with Crippen molar-refractivity contribution < 1.29 is 14.4 Å². The van der Waals surface area contributed by atoms with Gasteiger partial charge in [0.1, 0.15) is 11.7 Å². The first-order valence-corrected chi connectivity index (χ1v) is 10.6. The number of carbonyl (C=O) groups is 3. The van der Waals surface area contributed by atoms with Crippen LogP contribution < -0.4 is 10.6 Å². The van der Waals surface area contributed by atoms with E-state index in [1.807, 2.05) is 49.4 Å². The summed E-state index contributed by atoms with van der Waals surface area (Å²) in [4.78, 5) is 43.0. The van der Waals surface area contributed by atoms with Gasteiger partial charge in [-0.2, -0.15) is 5.10 Å². The summed E-state index contributed by atoms with van der Waals surface area (Å²) in [5.74, 6) is -1.29. The van der Waals surface area contributed by atoms with Crippen molar-refractivity contribution in [3.8, 4) is 5.82 Å². The lowest BCUT2D eigenvalue weighted by Crippen LogP contribution is -2.49. The summed E-state index contributed by atoms with van der Waals surface area (Å²) < 4.78 is 1.47. The number of hydrogen-bond acceptors (Lipinski definition) is 5. The molecule has 2 heterocycles. The predicted octanol–water partition coefficient (Wildman–Crippen LogP) is 2.07. The average molecular weight is 431 g/mol. The van der Waals surface area contributed by atoms with Crippen molar-refractivity contribution in [3.05, 3.63) is 77.2 Å². The maximum Gasteiger partial charge on any atom is 0.289 e. The third-order valence-electron chi connectivity index (χ3n) is 5.29. The minimum atomic E-state index is -1.00. The van der Waals surface area contributed by atoms with Gasteiger partial charge in [-0.3, -0.25) is 14.4 Å². The van der Waals surface area contributed by atoms with Gasteiger partial charge in [0.25, 0.3) is 11.8 Å². The van der Waals surface area contributed by atoms with Crippen LogP contribution in [-0.4, -0.2) is 44.4 Å². The molecule has 1 saturated carbocycles. The van der Waals surface area contributed by atoms with Gasteiger partial charge >= 0.3 is 0 Å². The first kappa shape index (κ1) is 21.4. The maximum absolute atomic E-state index is 13.2. The molecule has 0 bridgehead atoms. The number of aryl methyl sites for hydroxylation is 2. The molecule has 0 saturated heterocycles. The summed E-state index contributed by atoms with van der Waals surface area (Å²) in [6.07, 6.45) is 3.58. The van der Waals surface area contributed by atoms with Crippen LogP contribution in [0.2, 0.25) is 0 Å². The van der Waals surface area contributed by atoms with Crippen LogP contribution >= 0.6 is 0 Å². The van der Waals surface area contributed by atoms with E-state index in [-0.39, 0.29) is 18.2 Å². The molecule has 1 fully saturated rings. The minimum absolute atomic E-state index is 0.0516. The van der Waals surface area contributed by atoms with Gasteiger partial charge in [-0.1, -0.05) is 36.4 Å². The minimum Gasteiger partial charge on any atom is -0.347 e. The van der Waals surface area contributed by atoms with Crippen LogP contribution in [0.15, 0.2) is 54.7 Å². The van der Waals surface area contributed by atoms with E-state index in [4.69, 9.17) is 0 Å². The van der Waals surface area contributed by atoms with Crippen LogP contribution in [0.25, 0.3) is 5.82 Å². The standard InChI is InChI=1S/C24H25N5O3/c1-15-7-6-12-25-22(15)29-20(13-16(2)28-29)23(31)27-19(14-17-8-4-3-5-9-17)21(30)24(32)26-18-10-11-18/h3-9,12-13,18-19H,10-11,14H2,1-2H3,(H,26,32)(H,27,31)/t19-/m0/s1. The quantitative estimate of drug-likeness (QED) is 0.531. The molecule has 8 heteroatoms. The summed E-state index contributed by atoms with van der Waals surface area (Å²) in [6, 6.07) is 13.7. The van der Waals surface area contributed by atoms with E-state index in [0.29, 0.717) is 11.5 Å². The molecule has 2 amide bonds. The summed E-state index contributed by atoms with van der Waals surface area (Å²) in [6.45, 7) is 3.66. The molecule has 0 spiro atoms. The Morgan fingerprint density at radius 1 is 1.09 bits per heavy atom. The van der Waals surface area contributed by atoms with Gasteiger partial charge < -0.3 is 10.6 Å². The van der Waals surface area contributed by atoms with Crippen molar-refractivity contribution in [2.75, 3.05) is 0 Å². The highest BCUT2D eigenvalue weighted by Crippen LogP contribution is 2.19. The van der Waals surface area contributed by atoms with E-state index in [0.717, 1.165) is 24.0 Å². The Morgan fingerprint density at radius 3 is 2.53 bits per heavy atom. The highest BCUT2D eigenvalue weighted by atomic mass is 16.2. The van der Waals surface area contributed by atoms with Gasteiger partial charge in [0.2, 0.25) is 5.78 Å². The Hall–Kier alpha value is -3.81. The molecular weight excluding hydrogens is 406 g/mol. The van der Waals surface area contributed by atoms with Crippen LogP contribution in [-0.2, 0) is 16.0 Å². The first-order valence-electron chi connectivity index (χ1n) is 10.6. The number of carbonyl (C=O) groups excluding carboxylic acids is 3. The summed E-state index contributed by atoms with van der Waals surface area (Å²) in [5.41, 5.74) is 2.58. The SMILES string of the molecule is Cc1cc(C(=O)N[C@@H](Cc2ccccc2)C(=O)C(=O)NC2CC2)n(-c2ncccc2C)n1. The fourth-order valence-electron chi connectivity index (χ4n) is 3.46. The molecule has 8 nitrogen and oxygen atoms in total. The number of pyridine rings is 1. The van der Waals surface area contributed by atoms with E-state index in [1.54, 1.807) is 19.2 Å². The average Bonchev–Trinajstić information content (AvgIpc) is 3.52. The molecule has 1 aliphatic rings. The van der Waals surface area contributed by atoms with E-state index in [1.165, 1.54) is 4.68 Å². The van der Waals surface area contributed by atoms with Crippen LogP contribution in [0, 0.1) is 13.8 Å². The predicted molar refractivity (Wildman–Crippen MR) is 118 cm³/mol. The Kier molecular flexibility index (Phi) is 6.11. The Labute approximate surface area is 186 Å². The highest BCUT2D eigenvalue weighted by molar-refractivity contribution is 6.38. The van der Waals surface area contributed by atoms with E-state index >= 15 is 0 Å². The lowest BCUT2D eigenvalue weighted by atomic mass is 10.0. The molecule has 1 aromatic carbocycles. The third kappa shape index (κ3) is 4.91. The number of benzene rings is 1. The number of aromatic nitrogens is 3. The molecule has 4 rings (SSSR count). The van der Waals surface area contributed by atoms with Crippen molar-refractivity contribution in [2.45, 2.75) is 45.2 Å². The number of Topliss-reactive ketones (excluding diaryl/α,β-unsaturated/α-hetero) is 1. The van der Waals surface area contributed by atoms with Gasteiger partial charge in [0.15, 0.2) is 5.82 Å². The van der Waals surface area contributed by atoms with E-state index < -0.39 is 23.6 Å². The summed E-state index contributed by atoms with van der Waals surface area (Å²) in [5, 5.41) is 9.89. The topological polar surface area (TPSA) is 106 Å². The van der Waals surface area contributed by atoms with Gasteiger partial charge in [0.05, 0.1) is 5.69 Å². The van der Waals surface area contributed by atoms with Crippen LogP contribution in [0.4, 0.5) is 0 Å². The zero-order valence-corrected chi connectivity index (χ0v) is 18.0. The highest BCUT2D eigenvalue weighted by Gasteiger charge is 2.32. The zero-order chi connectivity index (χ0) is 22.7. The smallest absolute Gasteiger partial charge is 0.289 e. The number of nitrogens with one attached hydrogen (secondary N) is 2. The molecule has 3 aromatic rings. The first-order chi connectivity index (χ1) is 15.4. The number of rotatable bonds is 8. The molecular formula is C24H25N5O3. The van der Waals surface area contributed by atoms with Crippen molar-refractivity contribution in [1.29, 1.82) is 0 Å². The third-order valence-corrected chi connectivity index (χ3v) is 5.29. The normalized spacial score (nSPS) is 13.9. The van der Waals surface area contributed by atoms with Gasteiger partial charge in [-0.15, -0.1) is 0 Å². The van der Waals surface area contributed by atoms with Crippen molar-refractivity contribution in [3.63, 3.8) is 0 Å². The van der Waals surface area contributed by atoms with Gasteiger partial charge in [0, 0.05) is 18.7 Å². The maximum atomic E-state index is 13.2. The number of nitrogens with zero attached hydrogens (tertiary/aromatic N) is 3. The molecule has 2 N–H and O–H groups in total. The van der Waals surface area contributed by atoms with Crippen LogP contribution in [0.3, 0.4) is 0 Å². The van der Waals surface area contributed by atoms with Crippen molar-refractivity contribution in [2.24, 2.45) is 0 Å². The summed E-state index contributed by atoms with van der Waals surface area (Å²) in [7, 11) is 0. The lowest BCUT2D eigenvalue weighted by Gasteiger charge is -2.18.